The van der Waals surface area contributed by atoms with Gasteiger partial charge in [0.1, 0.15) is 0 Å². The topological polar surface area (TPSA) is 107 Å². The molecule has 16 heavy (non-hydrogen) atoms. The van der Waals surface area contributed by atoms with Gasteiger partial charge in [-0.2, -0.15) is 0 Å². The van der Waals surface area contributed by atoms with E-state index in [4.69, 9.17) is 15.3 Å². The van der Waals surface area contributed by atoms with E-state index < -0.39 is 24.6 Å². The first-order valence-corrected chi connectivity index (χ1v) is 5.34. The van der Waals surface area contributed by atoms with Crippen molar-refractivity contribution in [3.63, 3.8) is 0 Å². The molecule has 1 aliphatic rings. The Morgan fingerprint density at radius 3 is 2.44 bits per heavy atom. The summed E-state index contributed by atoms with van der Waals surface area (Å²) < 4.78 is 0. The molecule has 1 aliphatic carbocycles. The SMILES string of the molecule is O=C(O)[C@H]1CC[C@@H](C(=O)NCC(O)CO)C1. The van der Waals surface area contributed by atoms with Crippen molar-refractivity contribution in [2.45, 2.75) is 25.4 Å². The maximum Gasteiger partial charge on any atom is 0.306 e. The van der Waals surface area contributed by atoms with E-state index in [2.05, 4.69) is 5.32 Å². The maximum atomic E-state index is 11.5. The predicted molar refractivity (Wildman–Crippen MR) is 54.6 cm³/mol. The van der Waals surface area contributed by atoms with Crippen LogP contribution in [0.25, 0.3) is 0 Å². The van der Waals surface area contributed by atoms with Crippen LogP contribution in [0.1, 0.15) is 19.3 Å². The molecule has 1 rings (SSSR count). The summed E-state index contributed by atoms with van der Waals surface area (Å²) in [6.45, 7) is -0.397. The second kappa shape index (κ2) is 5.81. The van der Waals surface area contributed by atoms with Crippen LogP contribution in [-0.2, 0) is 9.59 Å². The molecule has 1 saturated carbocycles. The number of rotatable bonds is 5. The van der Waals surface area contributed by atoms with Crippen LogP contribution in [0.3, 0.4) is 0 Å². The number of aliphatic carboxylic acids is 1. The van der Waals surface area contributed by atoms with Gasteiger partial charge in [0.05, 0.1) is 18.6 Å². The van der Waals surface area contributed by atoms with E-state index in [1.54, 1.807) is 0 Å². The van der Waals surface area contributed by atoms with Crippen LogP contribution < -0.4 is 5.32 Å². The van der Waals surface area contributed by atoms with Gasteiger partial charge >= 0.3 is 5.97 Å². The number of aliphatic hydroxyl groups excluding tert-OH is 2. The molecule has 1 unspecified atom stereocenters. The number of nitrogens with one attached hydrogen (secondary N) is 1. The maximum absolute atomic E-state index is 11.5. The van der Waals surface area contributed by atoms with Gasteiger partial charge in [0, 0.05) is 12.5 Å². The van der Waals surface area contributed by atoms with Gasteiger partial charge < -0.3 is 20.6 Å². The number of amides is 1. The number of hydrogen-bond donors (Lipinski definition) is 4. The smallest absolute Gasteiger partial charge is 0.306 e. The van der Waals surface area contributed by atoms with Crippen molar-refractivity contribution < 1.29 is 24.9 Å². The van der Waals surface area contributed by atoms with Crippen LogP contribution >= 0.6 is 0 Å². The van der Waals surface area contributed by atoms with Gasteiger partial charge in [-0.05, 0) is 19.3 Å². The zero-order valence-electron chi connectivity index (χ0n) is 8.93. The Hall–Kier alpha value is -1.14. The molecular formula is C10H17NO5. The largest absolute Gasteiger partial charge is 0.481 e. The Kier molecular flexibility index (Phi) is 4.70. The Morgan fingerprint density at radius 2 is 1.94 bits per heavy atom. The Bertz CT molecular complexity index is 268. The van der Waals surface area contributed by atoms with Gasteiger partial charge in [-0.3, -0.25) is 9.59 Å². The molecular weight excluding hydrogens is 214 g/mol. The van der Waals surface area contributed by atoms with Gasteiger partial charge in [-0.15, -0.1) is 0 Å². The van der Waals surface area contributed by atoms with Gasteiger partial charge in [-0.25, -0.2) is 0 Å². The molecule has 0 radical (unpaired) electrons. The quantitative estimate of drug-likeness (QED) is 0.483. The highest BCUT2D eigenvalue weighted by atomic mass is 16.4. The Labute approximate surface area is 93.3 Å². The lowest BCUT2D eigenvalue weighted by Gasteiger charge is -2.12. The molecule has 0 aromatic rings. The highest BCUT2D eigenvalue weighted by Crippen LogP contribution is 2.30. The monoisotopic (exact) mass is 231 g/mol. The highest BCUT2D eigenvalue weighted by molar-refractivity contribution is 5.80. The second-order valence-corrected chi connectivity index (χ2v) is 4.13. The molecule has 1 amide bonds. The van der Waals surface area contributed by atoms with E-state index in [-0.39, 0.29) is 18.4 Å². The molecule has 92 valence electrons. The van der Waals surface area contributed by atoms with Crippen molar-refractivity contribution in [3.05, 3.63) is 0 Å². The summed E-state index contributed by atoms with van der Waals surface area (Å²) in [6, 6.07) is 0. The average Bonchev–Trinajstić information content (AvgIpc) is 2.74. The van der Waals surface area contributed by atoms with Crippen molar-refractivity contribution in [2.75, 3.05) is 13.2 Å². The van der Waals surface area contributed by atoms with Crippen LogP contribution in [0.2, 0.25) is 0 Å². The highest BCUT2D eigenvalue weighted by Gasteiger charge is 2.33. The summed E-state index contributed by atoms with van der Waals surface area (Å²) in [5.41, 5.74) is 0. The van der Waals surface area contributed by atoms with Crippen molar-refractivity contribution in [1.29, 1.82) is 0 Å². The molecule has 6 heteroatoms. The number of carboxylic acids is 1. The third-order valence-electron chi connectivity index (χ3n) is 2.88. The fourth-order valence-electron chi connectivity index (χ4n) is 1.87. The minimum absolute atomic E-state index is 0.00354. The molecule has 0 spiro atoms. The fraction of sp³-hybridized carbons (Fsp3) is 0.800. The fourth-order valence-corrected chi connectivity index (χ4v) is 1.87. The molecule has 1 fully saturated rings. The molecule has 0 heterocycles. The minimum Gasteiger partial charge on any atom is -0.481 e. The summed E-state index contributed by atoms with van der Waals surface area (Å²) in [5, 5.41) is 28.8. The molecule has 0 bridgehead atoms. The van der Waals surface area contributed by atoms with E-state index in [0.717, 1.165) is 0 Å². The zero-order chi connectivity index (χ0) is 12.1. The van der Waals surface area contributed by atoms with Gasteiger partial charge in [0.2, 0.25) is 5.91 Å². The molecule has 3 atom stereocenters. The molecule has 0 aromatic heterocycles. The predicted octanol–water partition coefficient (Wildman–Crippen LogP) is -1.04. The lowest BCUT2D eigenvalue weighted by molar-refractivity contribution is -0.141. The lowest BCUT2D eigenvalue weighted by Crippen LogP contribution is -2.37. The molecule has 0 aromatic carbocycles. The van der Waals surface area contributed by atoms with E-state index in [1.807, 2.05) is 0 Å². The van der Waals surface area contributed by atoms with Crippen LogP contribution in [0.15, 0.2) is 0 Å². The zero-order valence-corrected chi connectivity index (χ0v) is 8.93. The summed E-state index contributed by atoms with van der Waals surface area (Å²) in [6.07, 6.45) is 0.491. The first kappa shape index (κ1) is 12.9. The van der Waals surface area contributed by atoms with Crippen LogP contribution in [0, 0.1) is 11.8 Å². The second-order valence-electron chi connectivity index (χ2n) is 4.13. The lowest BCUT2D eigenvalue weighted by atomic mass is 10.0. The summed E-state index contributed by atoms with van der Waals surface area (Å²) in [4.78, 5) is 22.2. The Balaban J connectivity index is 2.31. The van der Waals surface area contributed by atoms with E-state index in [0.29, 0.717) is 19.3 Å². The standard InChI is InChI=1S/C10H17NO5/c12-5-8(13)4-11-9(14)6-1-2-7(3-6)10(15)16/h6-8,12-13H,1-5H2,(H,11,14)(H,15,16)/t6-,7+,8?/m1/s1. The van der Waals surface area contributed by atoms with E-state index in [1.165, 1.54) is 0 Å². The molecule has 6 nitrogen and oxygen atoms in total. The van der Waals surface area contributed by atoms with Crippen molar-refractivity contribution >= 4 is 11.9 Å². The summed E-state index contributed by atoms with van der Waals surface area (Å²) in [5.74, 6) is -1.81. The number of hydrogen-bond acceptors (Lipinski definition) is 4. The first-order chi connectivity index (χ1) is 7.54. The number of carbonyl (C=O) groups excluding carboxylic acids is 1. The van der Waals surface area contributed by atoms with Crippen molar-refractivity contribution in [1.82, 2.24) is 5.32 Å². The Morgan fingerprint density at radius 1 is 1.31 bits per heavy atom. The van der Waals surface area contributed by atoms with Gasteiger partial charge in [-0.1, -0.05) is 0 Å². The summed E-state index contributed by atoms with van der Waals surface area (Å²) in [7, 11) is 0. The van der Waals surface area contributed by atoms with Crippen molar-refractivity contribution in [2.24, 2.45) is 11.8 Å². The van der Waals surface area contributed by atoms with Crippen molar-refractivity contribution in [3.8, 4) is 0 Å². The van der Waals surface area contributed by atoms with Crippen LogP contribution in [0.4, 0.5) is 0 Å². The minimum atomic E-state index is -0.958. The van der Waals surface area contributed by atoms with Gasteiger partial charge in [0.25, 0.3) is 0 Å². The van der Waals surface area contributed by atoms with Gasteiger partial charge in [0.15, 0.2) is 0 Å². The van der Waals surface area contributed by atoms with E-state index >= 15 is 0 Å². The molecule has 0 aliphatic heterocycles. The molecule has 0 saturated heterocycles. The third-order valence-corrected chi connectivity index (χ3v) is 2.88. The summed E-state index contributed by atoms with van der Waals surface area (Å²) >= 11 is 0. The molecule has 4 N–H and O–H groups in total. The average molecular weight is 231 g/mol. The first-order valence-electron chi connectivity index (χ1n) is 5.34. The number of carbonyl (C=O) groups is 2. The number of aliphatic hydroxyl groups is 2. The normalized spacial score (nSPS) is 26.4. The number of carboxylic acid groups (broad SMARTS) is 1. The third kappa shape index (κ3) is 3.46. The van der Waals surface area contributed by atoms with Crippen LogP contribution in [0.5, 0.6) is 0 Å². The van der Waals surface area contributed by atoms with E-state index in [9.17, 15) is 9.59 Å². The van der Waals surface area contributed by atoms with Crippen LogP contribution in [-0.4, -0.2) is 46.5 Å².